The number of aliphatic carboxylic acids is 1. The van der Waals surface area contributed by atoms with Crippen LogP contribution >= 0.6 is 0 Å². The highest BCUT2D eigenvalue weighted by atomic mass is 16.4. The standard InChI is InChI=1S/C11H16O3/c12-10-8-9(10)6-4-2-1-3-5-7-11(13)14/h8H,1-7H2,(H,13,14). The maximum Gasteiger partial charge on any atom is 0.303 e. The van der Waals surface area contributed by atoms with Crippen LogP contribution in [0.3, 0.4) is 0 Å². The van der Waals surface area contributed by atoms with Gasteiger partial charge >= 0.3 is 5.97 Å². The molecule has 0 saturated heterocycles. The summed E-state index contributed by atoms with van der Waals surface area (Å²) in [6.07, 6.45) is 6.20. The Hall–Kier alpha value is -1.12. The highest BCUT2D eigenvalue weighted by Gasteiger charge is 2.06. The Morgan fingerprint density at radius 3 is 2.29 bits per heavy atom. The summed E-state index contributed by atoms with van der Waals surface area (Å²) in [5.74, 6) is -0.710. The monoisotopic (exact) mass is 196 g/mol. The van der Waals surface area contributed by atoms with Crippen molar-refractivity contribution in [3.8, 4) is 0 Å². The van der Waals surface area contributed by atoms with Gasteiger partial charge in [0, 0.05) is 12.0 Å². The third-order valence-corrected chi connectivity index (χ3v) is 2.38. The Labute approximate surface area is 83.4 Å². The maximum absolute atomic E-state index is 10.6. The summed E-state index contributed by atoms with van der Waals surface area (Å²) in [6, 6.07) is 1.68. The van der Waals surface area contributed by atoms with Crippen molar-refractivity contribution >= 4 is 5.97 Å². The van der Waals surface area contributed by atoms with Crippen LogP contribution in [-0.4, -0.2) is 11.1 Å². The van der Waals surface area contributed by atoms with E-state index in [1.165, 1.54) is 0 Å². The van der Waals surface area contributed by atoms with Gasteiger partial charge in [-0.15, -0.1) is 0 Å². The summed E-state index contributed by atoms with van der Waals surface area (Å²) < 4.78 is 0. The zero-order valence-electron chi connectivity index (χ0n) is 8.29. The van der Waals surface area contributed by atoms with Crippen molar-refractivity contribution in [2.75, 3.05) is 0 Å². The highest BCUT2D eigenvalue weighted by Crippen LogP contribution is 2.09. The molecule has 0 atom stereocenters. The summed E-state index contributed by atoms with van der Waals surface area (Å²) in [5.41, 5.74) is 1.20. The van der Waals surface area contributed by atoms with Gasteiger partial charge in [0.2, 0.25) is 0 Å². The molecule has 1 aromatic rings. The first-order valence-electron chi connectivity index (χ1n) is 5.17. The van der Waals surface area contributed by atoms with E-state index in [1.807, 2.05) is 0 Å². The van der Waals surface area contributed by atoms with Crippen molar-refractivity contribution in [3.05, 3.63) is 21.9 Å². The van der Waals surface area contributed by atoms with E-state index in [4.69, 9.17) is 5.11 Å². The first-order valence-corrected chi connectivity index (χ1v) is 5.17. The van der Waals surface area contributed by atoms with Crippen LogP contribution in [0.2, 0.25) is 0 Å². The van der Waals surface area contributed by atoms with E-state index in [1.54, 1.807) is 6.07 Å². The molecule has 0 aliphatic heterocycles. The topological polar surface area (TPSA) is 54.4 Å². The number of hydrogen-bond donors (Lipinski definition) is 1. The number of carbonyl (C=O) groups is 1. The molecule has 0 heterocycles. The van der Waals surface area contributed by atoms with Gasteiger partial charge in [-0.05, 0) is 25.3 Å². The van der Waals surface area contributed by atoms with Crippen molar-refractivity contribution in [1.82, 2.24) is 0 Å². The van der Waals surface area contributed by atoms with E-state index in [0.29, 0.717) is 0 Å². The zero-order valence-corrected chi connectivity index (χ0v) is 8.29. The lowest BCUT2D eigenvalue weighted by Crippen LogP contribution is -1.93. The molecular weight excluding hydrogens is 180 g/mol. The van der Waals surface area contributed by atoms with E-state index >= 15 is 0 Å². The molecule has 78 valence electrons. The average molecular weight is 196 g/mol. The molecule has 0 fully saturated rings. The summed E-state index contributed by atoms with van der Waals surface area (Å²) in [6.45, 7) is 0. The molecule has 0 aliphatic carbocycles. The molecule has 0 aromatic heterocycles. The molecule has 0 unspecified atom stereocenters. The summed E-state index contributed by atoms with van der Waals surface area (Å²) in [4.78, 5) is 20.7. The molecule has 0 aliphatic rings. The molecule has 0 radical (unpaired) electrons. The van der Waals surface area contributed by atoms with Crippen LogP contribution in [0.4, 0.5) is 0 Å². The SMILES string of the molecule is O=C(O)CCCCCCCc1cc1=O. The van der Waals surface area contributed by atoms with Gasteiger partial charge in [0.05, 0.1) is 0 Å². The smallest absolute Gasteiger partial charge is 0.303 e. The van der Waals surface area contributed by atoms with Gasteiger partial charge in [-0.2, -0.15) is 0 Å². The minimum Gasteiger partial charge on any atom is -0.481 e. The predicted octanol–water partition coefficient (Wildman–Crippen LogP) is 1.89. The van der Waals surface area contributed by atoms with Crippen molar-refractivity contribution in [2.24, 2.45) is 0 Å². The minimum atomic E-state index is -0.710. The first-order chi connectivity index (χ1) is 6.70. The quantitative estimate of drug-likeness (QED) is 0.646. The second-order valence-electron chi connectivity index (χ2n) is 3.70. The largest absolute Gasteiger partial charge is 0.481 e. The van der Waals surface area contributed by atoms with Crippen molar-refractivity contribution < 1.29 is 9.90 Å². The molecule has 1 aromatic carbocycles. The van der Waals surface area contributed by atoms with Gasteiger partial charge < -0.3 is 5.11 Å². The van der Waals surface area contributed by atoms with E-state index in [-0.39, 0.29) is 11.8 Å². The highest BCUT2D eigenvalue weighted by molar-refractivity contribution is 5.66. The second kappa shape index (κ2) is 5.58. The fraction of sp³-hybridized carbons (Fsp3) is 0.636. The fourth-order valence-corrected chi connectivity index (χ4v) is 1.44. The van der Waals surface area contributed by atoms with E-state index in [2.05, 4.69) is 0 Å². The fourth-order valence-electron chi connectivity index (χ4n) is 1.44. The molecule has 0 bridgehead atoms. The Morgan fingerprint density at radius 1 is 1.14 bits per heavy atom. The first kappa shape index (κ1) is 11.0. The van der Waals surface area contributed by atoms with E-state index in [9.17, 15) is 9.59 Å². The van der Waals surface area contributed by atoms with Crippen LogP contribution in [-0.2, 0) is 11.2 Å². The summed E-state index contributed by atoms with van der Waals surface area (Å²) in [7, 11) is 0. The molecule has 0 spiro atoms. The Balaban J connectivity index is 1.81. The van der Waals surface area contributed by atoms with Crippen molar-refractivity contribution in [3.63, 3.8) is 0 Å². The van der Waals surface area contributed by atoms with Crippen LogP contribution < -0.4 is 5.43 Å². The number of rotatable bonds is 8. The molecule has 14 heavy (non-hydrogen) atoms. The van der Waals surface area contributed by atoms with E-state index < -0.39 is 5.97 Å². The average Bonchev–Trinajstić information content (AvgIpc) is 2.80. The lowest BCUT2D eigenvalue weighted by molar-refractivity contribution is -0.137. The molecule has 3 heteroatoms. The molecule has 0 amide bonds. The number of unbranched alkanes of at least 4 members (excludes halogenated alkanes) is 4. The van der Waals surface area contributed by atoms with Crippen molar-refractivity contribution in [2.45, 2.75) is 44.9 Å². The van der Waals surface area contributed by atoms with Crippen LogP contribution in [0, 0.1) is 0 Å². The molecule has 0 saturated carbocycles. The third kappa shape index (κ3) is 4.80. The number of carboxylic acid groups (broad SMARTS) is 1. The van der Waals surface area contributed by atoms with Crippen molar-refractivity contribution in [1.29, 1.82) is 0 Å². The summed E-state index contributed by atoms with van der Waals surface area (Å²) >= 11 is 0. The van der Waals surface area contributed by atoms with Gasteiger partial charge in [-0.25, -0.2) is 0 Å². The summed E-state index contributed by atoms with van der Waals surface area (Å²) in [5, 5.41) is 8.38. The van der Waals surface area contributed by atoms with Crippen LogP contribution in [0.5, 0.6) is 0 Å². The molecule has 1 N–H and O–H groups in total. The number of carboxylic acids is 1. The molecular formula is C11H16O3. The number of hydrogen-bond acceptors (Lipinski definition) is 2. The number of aryl methyl sites for hydroxylation is 1. The van der Waals surface area contributed by atoms with Gasteiger partial charge in [-0.1, -0.05) is 19.3 Å². The second-order valence-corrected chi connectivity index (χ2v) is 3.70. The maximum atomic E-state index is 10.6. The Bertz CT molecular complexity index is 294. The zero-order chi connectivity index (χ0) is 10.4. The molecule has 1 rings (SSSR count). The predicted molar refractivity (Wildman–Crippen MR) is 54.1 cm³/mol. The minimum absolute atomic E-state index is 0.218. The van der Waals surface area contributed by atoms with Gasteiger partial charge in [-0.3, -0.25) is 9.59 Å². The normalized spacial score (nSPS) is 10.9. The Morgan fingerprint density at radius 2 is 1.71 bits per heavy atom. The van der Waals surface area contributed by atoms with Crippen LogP contribution in [0.1, 0.15) is 44.1 Å². The Kier molecular flexibility index (Phi) is 4.36. The van der Waals surface area contributed by atoms with Crippen LogP contribution in [0.15, 0.2) is 10.9 Å². The lowest BCUT2D eigenvalue weighted by Gasteiger charge is -1.97. The lowest BCUT2D eigenvalue weighted by atomic mass is 10.1. The van der Waals surface area contributed by atoms with Gasteiger partial charge in [0.25, 0.3) is 0 Å². The van der Waals surface area contributed by atoms with Gasteiger partial charge in [0.1, 0.15) is 0 Å². The molecule has 3 nitrogen and oxygen atoms in total. The van der Waals surface area contributed by atoms with Gasteiger partial charge in [0.15, 0.2) is 5.43 Å². The van der Waals surface area contributed by atoms with Crippen LogP contribution in [0.25, 0.3) is 0 Å². The van der Waals surface area contributed by atoms with E-state index in [0.717, 1.165) is 44.1 Å². The third-order valence-electron chi connectivity index (χ3n) is 2.38.